The number of hydrogen-bond donors (Lipinski definition) is 1. The van der Waals surface area contributed by atoms with E-state index in [4.69, 9.17) is 9.47 Å². The fraction of sp³-hybridized carbons (Fsp3) is 0.125. The van der Waals surface area contributed by atoms with E-state index < -0.39 is 0 Å². The van der Waals surface area contributed by atoms with E-state index in [2.05, 4.69) is 9.69 Å². The summed E-state index contributed by atoms with van der Waals surface area (Å²) < 4.78 is 16.3. The Bertz CT molecular complexity index is 859. The minimum Gasteiger partial charge on any atom is -0.486 e. The number of fused-ring (bicyclic) bond motifs is 2. The highest BCUT2D eigenvalue weighted by Crippen LogP contribution is 2.31. The molecule has 0 fully saturated rings. The SMILES string of the molecule is O=C(Nc1nsc2ccccc12)c1ccc2c(c1)OCCO2. The Morgan fingerprint density at radius 3 is 2.82 bits per heavy atom. The molecular formula is C16H12N2O3S. The van der Waals surface area contributed by atoms with Gasteiger partial charge < -0.3 is 14.8 Å². The van der Waals surface area contributed by atoms with E-state index in [0.29, 0.717) is 36.1 Å². The molecule has 0 atom stereocenters. The number of nitrogens with one attached hydrogen (secondary N) is 1. The van der Waals surface area contributed by atoms with Crippen LogP contribution in [-0.2, 0) is 0 Å². The van der Waals surface area contributed by atoms with Crippen molar-refractivity contribution in [3.8, 4) is 11.5 Å². The molecule has 22 heavy (non-hydrogen) atoms. The van der Waals surface area contributed by atoms with E-state index in [0.717, 1.165) is 10.1 Å². The summed E-state index contributed by atoms with van der Waals surface area (Å²) >= 11 is 1.36. The number of anilines is 1. The molecule has 0 bridgehead atoms. The Kier molecular flexibility index (Phi) is 3.16. The minimum atomic E-state index is -0.215. The minimum absolute atomic E-state index is 0.215. The highest BCUT2D eigenvalue weighted by atomic mass is 32.1. The fourth-order valence-electron chi connectivity index (χ4n) is 2.34. The van der Waals surface area contributed by atoms with Crippen molar-refractivity contribution in [2.45, 2.75) is 0 Å². The first-order valence-electron chi connectivity index (χ1n) is 6.87. The number of aromatic nitrogens is 1. The van der Waals surface area contributed by atoms with Crippen molar-refractivity contribution in [2.75, 3.05) is 18.5 Å². The molecule has 0 unspecified atom stereocenters. The average Bonchev–Trinajstić information content (AvgIpc) is 2.97. The summed E-state index contributed by atoms with van der Waals surface area (Å²) in [6.07, 6.45) is 0. The zero-order chi connectivity index (χ0) is 14.9. The Balaban J connectivity index is 1.62. The molecule has 2 aromatic carbocycles. The average molecular weight is 312 g/mol. The van der Waals surface area contributed by atoms with E-state index >= 15 is 0 Å². The normalized spacial score (nSPS) is 13.1. The van der Waals surface area contributed by atoms with Crippen LogP contribution in [0.3, 0.4) is 0 Å². The van der Waals surface area contributed by atoms with Gasteiger partial charge >= 0.3 is 0 Å². The molecule has 0 spiro atoms. The maximum atomic E-state index is 12.4. The molecule has 2 heterocycles. The Labute approximate surface area is 130 Å². The van der Waals surface area contributed by atoms with E-state index in [-0.39, 0.29) is 5.91 Å². The van der Waals surface area contributed by atoms with Gasteiger partial charge in [-0.1, -0.05) is 12.1 Å². The summed E-state index contributed by atoms with van der Waals surface area (Å²) in [5.41, 5.74) is 0.515. The second kappa shape index (κ2) is 5.31. The van der Waals surface area contributed by atoms with Crippen molar-refractivity contribution in [1.29, 1.82) is 0 Å². The molecule has 6 heteroatoms. The molecule has 110 valence electrons. The Morgan fingerprint density at radius 2 is 1.91 bits per heavy atom. The number of ether oxygens (including phenoxy) is 2. The van der Waals surface area contributed by atoms with Gasteiger partial charge in [0, 0.05) is 10.9 Å². The molecule has 1 amide bonds. The smallest absolute Gasteiger partial charge is 0.256 e. The van der Waals surface area contributed by atoms with Crippen molar-refractivity contribution in [1.82, 2.24) is 4.37 Å². The largest absolute Gasteiger partial charge is 0.486 e. The number of rotatable bonds is 2. The molecule has 1 aliphatic heterocycles. The molecule has 0 saturated heterocycles. The lowest BCUT2D eigenvalue weighted by Gasteiger charge is -2.18. The van der Waals surface area contributed by atoms with E-state index in [9.17, 15) is 4.79 Å². The lowest BCUT2D eigenvalue weighted by atomic mass is 10.1. The number of carbonyl (C=O) groups excluding carboxylic acids is 1. The van der Waals surface area contributed by atoms with Gasteiger partial charge in [-0.05, 0) is 41.9 Å². The third-order valence-corrected chi connectivity index (χ3v) is 4.24. The van der Waals surface area contributed by atoms with Gasteiger partial charge in [0.05, 0.1) is 4.70 Å². The number of benzene rings is 2. The van der Waals surface area contributed by atoms with Gasteiger partial charge in [-0.15, -0.1) is 0 Å². The van der Waals surface area contributed by atoms with Crippen molar-refractivity contribution in [3.05, 3.63) is 48.0 Å². The van der Waals surface area contributed by atoms with Crippen molar-refractivity contribution >= 4 is 33.3 Å². The van der Waals surface area contributed by atoms with Crippen LogP contribution in [0.4, 0.5) is 5.82 Å². The molecule has 4 rings (SSSR count). The molecular weight excluding hydrogens is 300 g/mol. The molecule has 3 aromatic rings. The van der Waals surface area contributed by atoms with Crippen LogP contribution in [0.15, 0.2) is 42.5 Å². The summed E-state index contributed by atoms with van der Waals surface area (Å²) in [5.74, 6) is 1.64. The zero-order valence-electron chi connectivity index (χ0n) is 11.5. The first-order chi connectivity index (χ1) is 10.8. The Hall–Kier alpha value is -2.60. The number of carbonyl (C=O) groups is 1. The number of hydrogen-bond acceptors (Lipinski definition) is 5. The maximum Gasteiger partial charge on any atom is 0.256 e. The van der Waals surface area contributed by atoms with Gasteiger partial charge in [0.1, 0.15) is 13.2 Å². The highest BCUT2D eigenvalue weighted by Gasteiger charge is 2.16. The first-order valence-corrected chi connectivity index (χ1v) is 7.64. The van der Waals surface area contributed by atoms with Crippen LogP contribution in [0, 0.1) is 0 Å². The maximum absolute atomic E-state index is 12.4. The molecule has 0 saturated carbocycles. The van der Waals surface area contributed by atoms with Crippen molar-refractivity contribution in [3.63, 3.8) is 0 Å². The molecule has 5 nitrogen and oxygen atoms in total. The van der Waals surface area contributed by atoms with E-state index in [1.807, 2.05) is 24.3 Å². The summed E-state index contributed by atoms with van der Waals surface area (Å²) in [7, 11) is 0. The summed E-state index contributed by atoms with van der Waals surface area (Å²) in [6.45, 7) is 1.03. The van der Waals surface area contributed by atoms with Crippen LogP contribution in [0.1, 0.15) is 10.4 Å². The third-order valence-electron chi connectivity index (χ3n) is 3.41. The van der Waals surface area contributed by atoms with E-state index in [1.165, 1.54) is 11.5 Å². The van der Waals surface area contributed by atoms with Gasteiger partial charge in [0.25, 0.3) is 5.91 Å². The van der Waals surface area contributed by atoms with Crippen LogP contribution in [0.2, 0.25) is 0 Å². The third kappa shape index (κ3) is 2.27. The lowest BCUT2D eigenvalue weighted by Crippen LogP contribution is -2.17. The summed E-state index contributed by atoms with van der Waals surface area (Å²) in [6, 6.07) is 13.0. The monoisotopic (exact) mass is 312 g/mol. The van der Waals surface area contributed by atoms with Gasteiger partial charge in [-0.2, -0.15) is 4.37 Å². The molecule has 0 radical (unpaired) electrons. The topological polar surface area (TPSA) is 60.5 Å². The molecule has 0 aliphatic carbocycles. The van der Waals surface area contributed by atoms with Crippen LogP contribution < -0.4 is 14.8 Å². The standard InChI is InChI=1S/C16H12N2O3S/c19-16(10-5-6-12-13(9-10)21-8-7-20-12)17-15-11-3-1-2-4-14(11)22-18-15/h1-6,9H,7-8H2,(H,17,18,19). The van der Waals surface area contributed by atoms with Crippen molar-refractivity contribution in [2.24, 2.45) is 0 Å². The van der Waals surface area contributed by atoms with Crippen molar-refractivity contribution < 1.29 is 14.3 Å². The first kappa shape index (κ1) is 13.1. The number of amides is 1. The fourth-order valence-corrected chi connectivity index (χ4v) is 3.08. The van der Waals surface area contributed by atoms with Gasteiger partial charge in [0.15, 0.2) is 17.3 Å². The molecule has 1 aliphatic rings. The zero-order valence-corrected chi connectivity index (χ0v) is 12.4. The predicted octanol–water partition coefficient (Wildman–Crippen LogP) is 3.32. The second-order valence-electron chi connectivity index (χ2n) is 4.84. The quantitative estimate of drug-likeness (QED) is 0.788. The van der Waals surface area contributed by atoms with Crippen LogP contribution >= 0.6 is 11.5 Å². The number of nitrogens with zero attached hydrogens (tertiary/aromatic N) is 1. The Morgan fingerprint density at radius 1 is 1.09 bits per heavy atom. The molecule has 1 aromatic heterocycles. The van der Waals surface area contributed by atoms with Gasteiger partial charge in [-0.25, -0.2) is 0 Å². The predicted molar refractivity (Wildman–Crippen MR) is 85.0 cm³/mol. The van der Waals surface area contributed by atoms with Crippen LogP contribution in [0.5, 0.6) is 11.5 Å². The van der Waals surface area contributed by atoms with Crippen LogP contribution in [0.25, 0.3) is 10.1 Å². The molecule has 1 N–H and O–H groups in total. The summed E-state index contributed by atoms with van der Waals surface area (Å²) in [4.78, 5) is 12.4. The van der Waals surface area contributed by atoms with Crippen LogP contribution in [-0.4, -0.2) is 23.5 Å². The van der Waals surface area contributed by atoms with Gasteiger partial charge in [0.2, 0.25) is 0 Å². The van der Waals surface area contributed by atoms with Gasteiger partial charge in [-0.3, -0.25) is 4.79 Å². The van der Waals surface area contributed by atoms with E-state index in [1.54, 1.807) is 18.2 Å². The second-order valence-corrected chi connectivity index (χ2v) is 5.64. The highest BCUT2D eigenvalue weighted by molar-refractivity contribution is 7.13. The summed E-state index contributed by atoms with van der Waals surface area (Å²) in [5, 5.41) is 3.79. The lowest BCUT2D eigenvalue weighted by molar-refractivity contribution is 0.102.